The molecular weight excluding hydrogens is 239 g/mol. The van der Waals surface area contributed by atoms with Crippen molar-refractivity contribution in [3.63, 3.8) is 0 Å². The van der Waals surface area contributed by atoms with Crippen molar-refractivity contribution in [3.8, 4) is 0 Å². The van der Waals surface area contributed by atoms with Crippen molar-refractivity contribution in [1.82, 2.24) is 0 Å². The fourth-order valence-electron chi connectivity index (χ4n) is 0.829. The van der Waals surface area contributed by atoms with Crippen molar-refractivity contribution in [2.75, 3.05) is 0 Å². The summed E-state index contributed by atoms with van der Waals surface area (Å²) in [5.41, 5.74) is 0.139. The van der Waals surface area contributed by atoms with E-state index in [0.29, 0.717) is 0 Å². The molecule has 0 spiro atoms. The lowest BCUT2D eigenvalue weighted by Gasteiger charge is -2.14. The number of rotatable bonds is 0. The highest BCUT2D eigenvalue weighted by Crippen LogP contribution is 2.27. The van der Waals surface area contributed by atoms with Gasteiger partial charge in [-0.05, 0) is 28.7 Å². The van der Waals surface area contributed by atoms with Gasteiger partial charge in [-0.2, -0.15) is 0 Å². The molecule has 10 heavy (non-hydrogen) atoms. The van der Waals surface area contributed by atoms with Crippen LogP contribution in [0.5, 0.6) is 0 Å². The van der Waals surface area contributed by atoms with E-state index < -0.39 is 0 Å². The Balaban J connectivity index is 3.05. The van der Waals surface area contributed by atoms with Crippen LogP contribution < -0.4 is 0 Å². The van der Waals surface area contributed by atoms with E-state index in [1.165, 1.54) is 3.57 Å². The lowest BCUT2D eigenvalue weighted by atomic mass is 9.94. The summed E-state index contributed by atoms with van der Waals surface area (Å²) in [7, 11) is 0. The predicted octanol–water partition coefficient (Wildman–Crippen LogP) is 3.18. The van der Waals surface area contributed by atoms with E-state index in [9.17, 15) is 0 Å². The van der Waals surface area contributed by atoms with Gasteiger partial charge >= 0.3 is 0 Å². The summed E-state index contributed by atoms with van der Waals surface area (Å²) in [6.07, 6.45) is 1.74. The molecule has 1 aromatic rings. The molecule has 0 aliphatic rings. The van der Waals surface area contributed by atoms with Crippen molar-refractivity contribution < 1.29 is 4.42 Å². The summed E-state index contributed by atoms with van der Waals surface area (Å²) < 4.78 is 6.53. The summed E-state index contributed by atoms with van der Waals surface area (Å²) in [6.45, 7) is 6.44. The molecule has 0 saturated heterocycles. The van der Waals surface area contributed by atoms with Gasteiger partial charge in [0, 0.05) is 5.41 Å². The first-order valence-corrected chi connectivity index (χ1v) is 4.33. The number of hydrogen-bond acceptors (Lipinski definition) is 1. The molecule has 0 aromatic carbocycles. The Morgan fingerprint density at radius 2 is 2.00 bits per heavy atom. The van der Waals surface area contributed by atoms with E-state index in [-0.39, 0.29) is 5.41 Å². The smallest absolute Gasteiger partial charge is 0.122 e. The van der Waals surface area contributed by atoms with E-state index in [2.05, 4.69) is 43.4 Å². The van der Waals surface area contributed by atoms with Gasteiger partial charge in [-0.25, -0.2) is 0 Å². The fraction of sp³-hybridized carbons (Fsp3) is 0.500. The SMILES string of the molecule is CC(C)(C)c1occc1I. The van der Waals surface area contributed by atoms with Crippen LogP contribution in [0.2, 0.25) is 0 Å². The van der Waals surface area contributed by atoms with Crippen LogP contribution in [-0.4, -0.2) is 0 Å². The maximum Gasteiger partial charge on any atom is 0.122 e. The van der Waals surface area contributed by atoms with Gasteiger partial charge < -0.3 is 4.42 Å². The average Bonchev–Trinajstić information content (AvgIpc) is 2.11. The summed E-state index contributed by atoms with van der Waals surface area (Å²) in [6, 6.07) is 1.99. The Labute approximate surface area is 74.9 Å². The summed E-state index contributed by atoms with van der Waals surface area (Å²) >= 11 is 2.29. The monoisotopic (exact) mass is 250 g/mol. The Morgan fingerprint density at radius 1 is 1.40 bits per heavy atom. The molecule has 0 aliphatic carbocycles. The zero-order valence-corrected chi connectivity index (χ0v) is 8.60. The topological polar surface area (TPSA) is 13.1 Å². The van der Waals surface area contributed by atoms with Crippen molar-refractivity contribution in [2.45, 2.75) is 26.2 Å². The highest BCUT2D eigenvalue weighted by atomic mass is 127. The number of furan rings is 1. The molecule has 2 heteroatoms. The molecule has 0 saturated carbocycles. The Kier molecular flexibility index (Phi) is 2.08. The molecule has 0 amide bonds. The summed E-state index contributed by atoms with van der Waals surface area (Å²) in [4.78, 5) is 0. The molecule has 0 atom stereocenters. The van der Waals surface area contributed by atoms with E-state index in [1.807, 2.05) is 6.07 Å². The quantitative estimate of drug-likeness (QED) is 0.644. The molecule has 0 radical (unpaired) electrons. The summed E-state index contributed by atoms with van der Waals surface area (Å²) in [5, 5.41) is 0. The first-order chi connectivity index (χ1) is 4.52. The molecule has 0 fully saturated rings. The molecule has 1 heterocycles. The van der Waals surface area contributed by atoms with Crippen LogP contribution in [0.15, 0.2) is 16.7 Å². The number of hydrogen-bond donors (Lipinski definition) is 0. The lowest BCUT2D eigenvalue weighted by Crippen LogP contribution is -2.10. The van der Waals surface area contributed by atoms with Crippen molar-refractivity contribution in [1.29, 1.82) is 0 Å². The van der Waals surface area contributed by atoms with Gasteiger partial charge in [-0.1, -0.05) is 20.8 Å². The third-order valence-corrected chi connectivity index (χ3v) is 2.15. The first-order valence-electron chi connectivity index (χ1n) is 3.25. The number of halogens is 1. The molecule has 1 nitrogen and oxygen atoms in total. The Morgan fingerprint density at radius 3 is 2.20 bits per heavy atom. The second kappa shape index (κ2) is 2.57. The molecule has 0 N–H and O–H groups in total. The van der Waals surface area contributed by atoms with Crippen LogP contribution >= 0.6 is 22.6 Å². The minimum Gasteiger partial charge on any atom is -0.468 e. The van der Waals surface area contributed by atoms with E-state index in [1.54, 1.807) is 6.26 Å². The second-order valence-electron chi connectivity index (χ2n) is 3.35. The highest BCUT2D eigenvalue weighted by Gasteiger charge is 2.19. The standard InChI is InChI=1S/C8H11IO/c1-8(2,3)7-6(9)4-5-10-7/h4-5H,1-3H3. The van der Waals surface area contributed by atoms with Crippen LogP contribution in [-0.2, 0) is 5.41 Å². The Hall–Kier alpha value is 0.01000. The molecule has 0 unspecified atom stereocenters. The van der Waals surface area contributed by atoms with Crippen LogP contribution in [0, 0.1) is 3.57 Å². The largest absolute Gasteiger partial charge is 0.468 e. The van der Waals surface area contributed by atoms with Gasteiger partial charge in [0.05, 0.1) is 9.83 Å². The van der Waals surface area contributed by atoms with E-state index in [4.69, 9.17) is 4.42 Å². The maximum atomic E-state index is 5.32. The van der Waals surface area contributed by atoms with Crippen LogP contribution in [0.4, 0.5) is 0 Å². The third kappa shape index (κ3) is 1.54. The van der Waals surface area contributed by atoms with Gasteiger partial charge in [0.15, 0.2) is 0 Å². The normalized spacial score (nSPS) is 12.0. The molecule has 1 aromatic heterocycles. The van der Waals surface area contributed by atoms with E-state index >= 15 is 0 Å². The summed E-state index contributed by atoms with van der Waals surface area (Å²) in [5.74, 6) is 1.08. The van der Waals surface area contributed by atoms with Crippen LogP contribution in [0.25, 0.3) is 0 Å². The third-order valence-electron chi connectivity index (χ3n) is 1.30. The fourth-order valence-corrected chi connectivity index (χ4v) is 1.91. The van der Waals surface area contributed by atoms with Crippen molar-refractivity contribution >= 4 is 22.6 Å². The average molecular weight is 250 g/mol. The Bertz CT molecular complexity index is 219. The molecule has 0 bridgehead atoms. The van der Waals surface area contributed by atoms with Crippen LogP contribution in [0.1, 0.15) is 26.5 Å². The van der Waals surface area contributed by atoms with Crippen LogP contribution in [0.3, 0.4) is 0 Å². The van der Waals surface area contributed by atoms with Crippen molar-refractivity contribution in [2.24, 2.45) is 0 Å². The van der Waals surface area contributed by atoms with Gasteiger partial charge in [0.25, 0.3) is 0 Å². The van der Waals surface area contributed by atoms with E-state index in [0.717, 1.165) is 5.76 Å². The van der Waals surface area contributed by atoms with Gasteiger partial charge in [0.1, 0.15) is 5.76 Å². The van der Waals surface area contributed by atoms with Gasteiger partial charge in [-0.15, -0.1) is 0 Å². The molecule has 0 aliphatic heterocycles. The minimum absolute atomic E-state index is 0.139. The maximum absolute atomic E-state index is 5.32. The zero-order valence-electron chi connectivity index (χ0n) is 6.44. The zero-order chi connectivity index (χ0) is 7.78. The van der Waals surface area contributed by atoms with Gasteiger partial charge in [0.2, 0.25) is 0 Å². The second-order valence-corrected chi connectivity index (χ2v) is 4.51. The highest BCUT2D eigenvalue weighted by molar-refractivity contribution is 14.1. The minimum atomic E-state index is 0.139. The molecular formula is C8H11IO. The van der Waals surface area contributed by atoms with Gasteiger partial charge in [-0.3, -0.25) is 0 Å². The molecule has 56 valence electrons. The molecule has 1 rings (SSSR count). The first kappa shape index (κ1) is 8.11. The predicted molar refractivity (Wildman–Crippen MR) is 50.1 cm³/mol. The lowest BCUT2D eigenvalue weighted by molar-refractivity contribution is 0.406. The van der Waals surface area contributed by atoms with Crippen molar-refractivity contribution in [3.05, 3.63) is 21.7 Å².